The number of carbonyl (C=O) groups is 3. The molecule has 4 heterocycles. The van der Waals surface area contributed by atoms with Gasteiger partial charge in [0.25, 0.3) is 0 Å². The van der Waals surface area contributed by atoms with Crippen molar-refractivity contribution in [3.8, 4) is 0 Å². The number of carbonyl (C=O) groups excluding carboxylic acids is 3. The van der Waals surface area contributed by atoms with Crippen molar-refractivity contribution < 1.29 is 24.2 Å². The molecule has 3 saturated heterocycles. The molecule has 5 atom stereocenters. The number of aliphatic hydroxyl groups excluding tert-OH is 1. The lowest BCUT2D eigenvalue weighted by Gasteiger charge is -2.34. The van der Waals surface area contributed by atoms with Crippen molar-refractivity contribution in [3.05, 3.63) is 24.3 Å². The number of benzene rings is 1. The molecule has 1 aromatic heterocycles. The Morgan fingerprint density at radius 2 is 2.09 bits per heavy atom. The van der Waals surface area contributed by atoms with Gasteiger partial charge in [0, 0.05) is 17.9 Å². The molecule has 0 aliphatic carbocycles. The lowest BCUT2D eigenvalue weighted by molar-refractivity contribution is -0.155. The van der Waals surface area contributed by atoms with Gasteiger partial charge in [-0.25, -0.2) is 4.68 Å². The number of likely N-dealkylation sites (tertiary alicyclic amines) is 1. The molecule has 2 bridgehead atoms. The summed E-state index contributed by atoms with van der Waals surface area (Å²) in [6, 6.07) is 6.79. The number of aliphatic hydroxyl groups is 1. The molecular weight excluding hydrogens is 470 g/mol. The predicted octanol–water partition coefficient (Wildman–Crippen LogP) is 1.32. The number of hydrogen-bond acceptors (Lipinski definition) is 8. The maximum atomic E-state index is 13.8. The Balaban J connectivity index is 1.44. The van der Waals surface area contributed by atoms with Gasteiger partial charge in [-0.1, -0.05) is 17.3 Å². The number of nitrogens with one attached hydrogen (secondary N) is 1. The van der Waals surface area contributed by atoms with Crippen molar-refractivity contribution in [1.82, 2.24) is 25.2 Å². The van der Waals surface area contributed by atoms with E-state index in [1.165, 1.54) is 0 Å². The van der Waals surface area contributed by atoms with Crippen molar-refractivity contribution in [2.75, 3.05) is 19.8 Å². The molecule has 188 valence electrons. The quantitative estimate of drug-likeness (QED) is 0.389. The molecule has 11 heteroatoms. The highest BCUT2D eigenvalue weighted by Gasteiger charge is 2.77. The van der Waals surface area contributed by atoms with E-state index in [1.54, 1.807) is 28.3 Å². The fourth-order valence-electron chi connectivity index (χ4n) is 6.23. The van der Waals surface area contributed by atoms with Gasteiger partial charge in [0.15, 0.2) is 0 Å². The van der Waals surface area contributed by atoms with Gasteiger partial charge in [-0.15, -0.1) is 16.9 Å². The second-order valence-electron chi connectivity index (χ2n) is 9.72. The van der Waals surface area contributed by atoms with E-state index < -0.39 is 27.4 Å². The molecule has 1 spiro atoms. The highest BCUT2D eigenvalue weighted by molar-refractivity contribution is 8.02. The first-order valence-electron chi connectivity index (χ1n) is 12.2. The lowest BCUT2D eigenvalue weighted by Crippen LogP contribution is -2.53. The molecule has 3 fully saturated rings. The number of unbranched alkanes of at least 4 members (excludes halogenated alkanes) is 1. The molecule has 3 aliphatic rings. The van der Waals surface area contributed by atoms with E-state index in [0.717, 1.165) is 17.5 Å². The van der Waals surface area contributed by atoms with E-state index in [2.05, 4.69) is 15.6 Å². The summed E-state index contributed by atoms with van der Waals surface area (Å²) in [5.74, 6) is -1.95. The monoisotopic (exact) mass is 501 g/mol. The van der Waals surface area contributed by atoms with Crippen LogP contribution in [0.25, 0.3) is 11.0 Å². The standard InChI is InChI=1S/C24H31N5O5S/c1-3-34-22(33)18-17-21(32)28(12-6-7-13-30)19(24(17)11-10-23(18,2)35-24)20(31)25-14-29-16-9-5-4-8-15(16)26-27-29/h4-5,8-9,17-19,30H,3,6-7,10-14H2,1-2H3,(H,25,31)/t17-,18+,19?,23-,24?/m0/s1. The van der Waals surface area contributed by atoms with Crippen LogP contribution in [-0.2, 0) is 25.8 Å². The Labute approximate surface area is 207 Å². The lowest BCUT2D eigenvalue weighted by atomic mass is 9.66. The number of thioether (sulfide) groups is 1. The van der Waals surface area contributed by atoms with Gasteiger partial charge in [-0.2, -0.15) is 0 Å². The van der Waals surface area contributed by atoms with Crippen molar-refractivity contribution in [3.63, 3.8) is 0 Å². The van der Waals surface area contributed by atoms with Gasteiger partial charge in [0.2, 0.25) is 11.8 Å². The number of nitrogens with zero attached hydrogens (tertiary/aromatic N) is 4. The molecule has 2 N–H and O–H groups in total. The SMILES string of the molecule is CCOC(=O)[C@H]1[C@H]2C(=O)N(CCCCO)C(C(=O)NCn3nnc4ccccc43)C23CC[C@]1(C)S3. The van der Waals surface area contributed by atoms with Crippen molar-refractivity contribution in [1.29, 1.82) is 0 Å². The molecule has 35 heavy (non-hydrogen) atoms. The maximum Gasteiger partial charge on any atom is 0.311 e. The van der Waals surface area contributed by atoms with Crippen LogP contribution in [0.3, 0.4) is 0 Å². The average molecular weight is 502 g/mol. The van der Waals surface area contributed by atoms with Gasteiger partial charge in [-0.3, -0.25) is 14.4 Å². The van der Waals surface area contributed by atoms with Gasteiger partial charge in [0.05, 0.1) is 28.7 Å². The smallest absolute Gasteiger partial charge is 0.311 e. The van der Waals surface area contributed by atoms with Crippen LogP contribution in [0.4, 0.5) is 0 Å². The second-order valence-corrected chi connectivity index (χ2v) is 11.6. The number of fused-ring (bicyclic) bond motifs is 2. The van der Waals surface area contributed by atoms with Crippen molar-refractivity contribution >= 4 is 40.6 Å². The summed E-state index contributed by atoms with van der Waals surface area (Å²) in [5.41, 5.74) is 1.54. The van der Waals surface area contributed by atoms with Gasteiger partial charge in [-0.05, 0) is 51.7 Å². The summed E-state index contributed by atoms with van der Waals surface area (Å²) in [5, 5.41) is 20.5. The summed E-state index contributed by atoms with van der Waals surface area (Å²) in [4.78, 5) is 42.2. The summed E-state index contributed by atoms with van der Waals surface area (Å²) in [6.07, 6.45) is 2.54. The van der Waals surface area contributed by atoms with E-state index in [4.69, 9.17) is 4.74 Å². The first-order valence-corrected chi connectivity index (χ1v) is 13.0. The molecule has 2 aromatic rings. The predicted molar refractivity (Wildman–Crippen MR) is 129 cm³/mol. The topological polar surface area (TPSA) is 127 Å². The van der Waals surface area contributed by atoms with Crippen LogP contribution < -0.4 is 5.32 Å². The van der Waals surface area contributed by atoms with E-state index in [-0.39, 0.29) is 37.7 Å². The molecule has 0 saturated carbocycles. The molecule has 10 nitrogen and oxygen atoms in total. The van der Waals surface area contributed by atoms with Gasteiger partial charge in [0.1, 0.15) is 18.2 Å². The zero-order valence-electron chi connectivity index (χ0n) is 20.0. The highest BCUT2D eigenvalue weighted by Crippen LogP contribution is 2.71. The second kappa shape index (κ2) is 9.09. The normalized spacial score (nSPS) is 31.2. The van der Waals surface area contributed by atoms with Crippen LogP contribution in [0.2, 0.25) is 0 Å². The minimum Gasteiger partial charge on any atom is -0.466 e. The van der Waals surface area contributed by atoms with Crippen LogP contribution in [0.1, 0.15) is 39.5 Å². The van der Waals surface area contributed by atoms with Crippen LogP contribution in [0.5, 0.6) is 0 Å². The van der Waals surface area contributed by atoms with Crippen LogP contribution in [0, 0.1) is 11.8 Å². The Morgan fingerprint density at radius 1 is 1.29 bits per heavy atom. The van der Waals surface area contributed by atoms with Gasteiger partial charge < -0.3 is 20.1 Å². The number of ether oxygens (including phenoxy) is 1. The first kappa shape index (κ1) is 24.1. The van der Waals surface area contributed by atoms with Crippen LogP contribution >= 0.6 is 11.8 Å². The third-order valence-electron chi connectivity index (χ3n) is 7.70. The minimum absolute atomic E-state index is 0.0190. The largest absolute Gasteiger partial charge is 0.466 e. The molecule has 1 aromatic carbocycles. The number of para-hydroxylation sites is 1. The van der Waals surface area contributed by atoms with Gasteiger partial charge >= 0.3 is 5.97 Å². The molecule has 0 radical (unpaired) electrons. The summed E-state index contributed by atoms with van der Waals surface area (Å²) < 4.78 is 5.89. The van der Waals surface area contributed by atoms with E-state index in [9.17, 15) is 19.5 Å². The maximum absolute atomic E-state index is 13.8. The summed E-state index contributed by atoms with van der Waals surface area (Å²) >= 11 is 1.61. The number of rotatable bonds is 9. The number of esters is 1. The zero-order chi connectivity index (χ0) is 24.8. The molecule has 5 rings (SSSR count). The Hall–Kier alpha value is -2.66. The Kier molecular flexibility index (Phi) is 6.25. The van der Waals surface area contributed by atoms with E-state index >= 15 is 0 Å². The Bertz CT molecular complexity index is 1160. The van der Waals surface area contributed by atoms with Crippen molar-refractivity contribution in [2.24, 2.45) is 11.8 Å². The van der Waals surface area contributed by atoms with Crippen LogP contribution in [0.15, 0.2) is 24.3 Å². The summed E-state index contributed by atoms with van der Waals surface area (Å²) in [7, 11) is 0. The number of aromatic nitrogens is 3. The average Bonchev–Trinajstić information content (AvgIpc) is 3.54. The third-order valence-corrected chi connectivity index (χ3v) is 9.68. The first-order chi connectivity index (χ1) is 16.9. The number of hydrogen-bond donors (Lipinski definition) is 2. The molecule has 3 aliphatic heterocycles. The van der Waals surface area contributed by atoms with Crippen molar-refractivity contribution in [2.45, 2.75) is 61.7 Å². The molecule has 2 unspecified atom stereocenters. The van der Waals surface area contributed by atoms with E-state index in [1.807, 2.05) is 31.2 Å². The molecular formula is C24H31N5O5S. The Morgan fingerprint density at radius 3 is 2.86 bits per heavy atom. The fraction of sp³-hybridized carbons (Fsp3) is 0.625. The molecule has 2 amide bonds. The minimum atomic E-state index is -0.709. The highest BCUT2D eigenvalue weighted by atomic mass is 32.2. The van der Waals surface area contributed by atoms with Crippen LogP contribution in [-0.4, -0.2) is 78.1 Å². The van der Waals surface area contributed by atoms with E-state index in [0.29, 0.717) is 25.8 Å². The fourth-order valence-corrected chi connectivity index (χ4v) is 8.58. The number of amides is 2. The zero-order valence-corrected chi connectivity index (χ0v) is 20.8. The third kappa shape index (κ3) is 3.70. The summed E-state index contributed by atoms with van der Waals surface area (Å²) in [6.45, 7) is 4.53.